The molecular weight excluding hydrogens is 283 g/mol. The Morgan fingerprint density at radius 1 is 1.45 bits per heavy atom. The molecule has 1 aliphatic rings. The summed E-state index contributed by atoms with van der Waals surface area (Å²) in [6.45, 7) is 4.08. The van der Waals surface area contributed by atoms with Gasteiger partial charge in [-0.15, -0.1) is 0 Å². The van der Waals surface area contributed by atoms with E-state index in [1.165, 1.54) is 12.1 Å². The van der Waals surface area contributed by atoms with Gasteiger partial charge in [0.2, 0.25) is 10.0 Å². The summed E-state index contributed by atoms with van der Waals surface area (Å²) in [5, 5.41) is 8.05. The Labute approximate surface area is 118 Å². The van der Waals surface area contributed by atoms with E-state index in [0.717, 1.165) is 12.5 Å². The van der Waals surface area contributed by atoms with Gasteiger partial charge in [-0.1, -0.05) is 13.8 Å². The van der Waals surface area contributed by atoms with Gasteiger partial charge in [0.25, 0.3) is 0 Å². The van der Waals surface area contributed by atoms with Crippen molar-refractivity contribution in [3.8, 4) is 0 Å². The summed E-state index contributed by atoms with van der Waals surface area (Å²) >= 11 is 0. The summed E-state index contributed by atoms with van der Waals surface area (Å²) < 4.78 is 41.5. The maximum Gasteiger partial charge on any atom is 0.238 e. The van der Waals surface area contributed by atoms with E-state index in [2.05, 4.69) is 5.32 Å². The molecule has 0 saturated heterocycles. The molecule has 112 valence electrons. The highest BCUT2D eigenvalue weighted by atomic mass is 32.2. The molecule has 0 bridgehead atoms. The smallest absolute Gasteiger partial charge is 0.238 e. The number of hydrogen-bond acceptors (Lipinski definition) is 4. The Balaban J connectivity index is 2.16. The fourth-order valence-electron chi connectivity index (χ4n) is 2.51. The van der Waals surface area contributed by atoms with Crippen LogP contribution >= 0.6 is 0 Å². The van der Waals surface area contributed by atoms with E-state index in [-0.39, 0.29) is 28.1 Å². The summed E-state index contributed by atoms with van der Waals surface area (Å²) in [6.07, 6.45) is 0.909. The number of sulfonamides is 1. The summed E-state index contributed by atoms with van der Waals surface area (Å²) in [6, 6.07) is 3.69. The average molecular weight is 302 g/mol. The van der Waals surface area contributed by atoms with Crippen LogP contribution in [-0.4, -0.2) is 27.7 Å². The van der Waals surface area contributed by atoms with E-state index in [0.29, 0.717) is 0 Å². The Kier molecular flexibility index (Phi) is 3.79. The second-order valence-corrected chi connectivity index (χ2v) is 7.23. The predicted octanol–water partition coefficient (Wildman–Crippen LogP) is 1.70. The molecule has 2 rings (SSSR count). The number of nitrogens with two attached hydrogens (primary N) is 1. The van der Waals surface area contributed by atoms with Gasteiger partial charge in [-0.05, 0) is 24.6 Å². The number of hydrogen-bond donors (Lipinski definition) is 2. The minimum absolute atomic E-state index is 0.0716. The molecule has 0 aliphatic heterocycles. The zero-order chi connectivity index (χ0) is 15.1. The molecule has 2 unspecified atom stereocenters. The van der Waals surface area contributed by atoms with Crippen LogP contribution in [-0.2, 0) is 14.8 Å². The molecule has 1 aromatic rings. The molecule has 0 aromatic heterocycles. The maximum atomic E-state index is 13.9. The molecule has 1 aromatic carbocycles. The van der Waals surface area contributed by atoms with Crippen molar-refractivity contribution >= 4 is 15.7 Å². The van der Waals surface area contributed by atoms with Crippen molar-refractivity contribution in [2.75, 3.05) is 12.4 Å². The Bertz CT molecular complexity index is 616. The zero-order valence-corrected chi connectivity index (χ0v) is 12.5. The number of methoxy groups -OCH3 is 1. The number of rotatable bonds is 4. The molecule has 2 atom stereocenters. The van der Waals surface area contributed by atoms with Gasteiger partial charge in [0.05, 0.1) is 16.7 Å². The second-order valence-electron chi connectivity index (χ2n) is 5.66. The van der Waals surface area contributed by atoms with Gasteiger partial charge in [-0.2, -0.15) is 0 Å². The molecule has 0 spiro atoms. The molecule has 5 nitrogen and oxygen atoms in total. The summed E-state index contributed by atoms with van der Waals surface area (Å²) in [7, 11) is -2.23. The molecule has 0 heterocycles. The van der Waals surface area contributed by atoms with Crippen molar-refractivity contribution in [3.63, 3.8) is 0 Å². The Morgan fingerprint density at radius 3 is 2.55 bits per heavy atom. The van der Waals surface area contributed by atoms with Crippen molar-refractivity contribution in [1.82, 2.24) is 0 Å². The van der Waals surface area contributed by atoms with Crippen LogP contribution in [0, 0.1) is 11.2 Å². The van der Waals surface area contributed by atoms with E-state index in [4.69, 9.17) is 9.88 Å². The third-order valence-electron chi connectivity index (χ3n) is 4.06. The summed E-state index contributed by atoms with van der Waals surface area (Å²) in [5.41, 5.74) is 0.157. The molecular formula is C13H19FN2O3S. The normalized spacial score (nSPS) is 25.1. The third kappa shape index (κ3) is 2.65. The SMILES string of the molecule is COC1CC(Nc2ccc(S(N)(=O)=O)cc2F)C1(C)C. The van der Waals surface area contributed by atoms with Crippen LogP contribution in [0.1, 0.15) is 20.3 Å². The van der Waals surface area contributed by atoms with Gasteiger partial charge in [0.1, 0.15) is 5.82 Å². The molecule has 7 heteroatoms. The number of ether oxygens (including phenoxy) is 1. The lowest BCUT2D eigenvalue weighted by atomic mass is 9.64. The van der Waals surface area contributed by atoms with Gasteiger partial charge in [0.15, 0.2) is 0 Å². The first-order valence-electron chi connectivity index (χ1n) is 6.28. The topological polar surface area (TPSA) is 81.4 Å². The monoisotopic (exact) mass is 302 g/mol. The molecule has 1 saturated carbocycles. The van der Waals surface area contributed by atoms with Crippen LogP contribution in [0.3, 0.4) is 0 Å². The number of anilines is 1. The van der Waals surface area contributed by atoms with E-state index < -0.39 is 15.8 Å². The van der Waals surface area contributed by atoms with Crippen molar-refractivity contribution in [1.29, 1.82) is 0 Å². The van der Waals surface area contributed by atoms with E-state index in [9.17, 15) is 12.8 Å². The van der Waals surface area contributed by atoms with E-state index in [1.807, 2.05) is 13.8 Å². The van der Waals surface area contributed by atoms with E-state index in [1.54, 1.807) is 7.11 Å². The average Bonchev–Trinajstić information content (AvgIpc) is 2.34. The van der Waals surface area contributed by atoms with Crippen LogP contribution < -0.4 is 10.5 Å². The second kappa shape index (κ2) is 4.98. The molecule has 3 N–H and O–H groups in total. The largest absolute Gasteiger partial charge is 0.381 e. The summed E-state index contributed by atoms with van der Waals surface area (Å²) in [4.78, 5) is -0.233. The van der Waals surface area contributed by atoms with Crippen LogP contribution in [0.15, 0.2) is 23.1 Å². The number of benzene rings is 1. The predicted molar refractivity (Wildman–Crippen MR) is 74.4 cm³/mol. The van der Waals surface area contributed by atoms with Crippen LogP contribution in [0.2, 0.25) is 0 Å². The molecule has 0 radical (unpaired) electrons. The molecule has 1 fully saturated rings. The van der Waals surface area contributed by atoms with Crippen LogP contribution in [0.25, 0.3) is 0 Å². The van der Waals surface area contributed by atoms with Crippen LogP contribution in [0.5, 0.6) is 0 Å². The lowest BCUT2D eigenvalue weighted by molar-refractivity contribution is -0.0795. The van der Waals surface area contributed by atoms with Gasteiger partial charge >= 0.3 is 0 Å². The standard InChI is InChI=1S/C13H19FN2O3S/c1-13(2)11(7-12(13)19-3)16-10-5-4-8(6-9(10)14)20(15,17)18/h4-6,11-12,16H,7H2,1-3H3,(H2,15,17,18). The minimum atomic E-state index is -3.89. The fourth-order valence-corrected chi connectivity index (χ4v) is 3.03. The lowest BCUT2D eigenvalue weighted by Gasteiger charge is -2.51. The van der Waals surface area contributed by atoms with E-state index >= 15 is 0 Å². The molecule has 1 aliphatic carbocycles. The number of halogens is 1. The Hall–Kier alpha value is -1.18. The molecule has 0 amide bonds. The highest BCUT2D eigenvalue weighted by Crippen LogP contribution is 2.44. The summed E-state index contributed by atoms with van der Waals surface area (Å²) in [5.74, 6) is -0.631. The number of primary sulfonamides is 1. The first-order chi connectivity index (χ1) is 9.16. The highest BCUT2D eigenvalue weighted by molar-refractivity contribution is 7.89. The van der Waals surface area contributed by atoms with Gasteiger partial charge in [-0.3, -0.25) is 0 Å². The maximum absolute atomic E-state index is 13.9. The van der Waals surface area contributed by atoms with Crippen molar-refractivity contribution < 1.29 is 17.5 Å². The highest BCUT2D eigenvalue weighted by Gasteiger charge is 2.48. The van der Waals surface area contributed by atoms with Crippen LogP contribution in [0.4, 0.5) is 10.1 Å². The van der Waals surface area contributed by atoms with Gasteiger partial charge in [-0.25, -0.2) is 17.9 Å². The van der Waals surface area contributed by atoms with Crippen molar-refractivity contribution in [2.24, 2.45) is 10.6 Å². The van der Waals surface area contributed by atoms with Crippen molar-refractivity contribution in [2.45, 2.75) is 37.3 Å². The number of nitrogens with one attached hydrogen (secondary N) is 1. The third-order valence-corrected chi connectivity index (χ3v) is 4.97. The minimum Gasteiger partial charge on any atom is -0.381 e. The quantitative estimate of drug-likeness (QED) is 0.887. The Morgan fingerprint density at radius 2 is 2.10 bits per heavy atom. The van der Waals surface area contributed by atoms with Gasteiger partial charge < -0.3 is 10.1 Å². The lowest BCUT2D eigenvalue weighted by Crippen LogP contribution is -2.57. The molecule has 20 heavy (non-hydrogen) atoms. The fraction of sp³-hybridized carbons (Fsp3) is 0.538. The first-order valence-corrected chi connectivity index (χ1v) is 7.82. The first kappa shape index (κ1) is 15.2. The van der Waals surface area contributed by atoms with Crippen molar-refractivity contribution in [3.05, 3.63) is 24.0 Å². The zero-order valence-electron chi connectivity index (χ0n) is 11.7. The van der Waals surface area contributed by atoms with Gasteiger partial charge in [0, 0.05) is 18.6 Å².